The molecule has 0 aromatic heterocycles. The van der Waals surface area contributed by atoms with Gasteiger partial charge in [-0.1, -0.05) is 125 Å². The van der Waals surface area contributed by atoms with Crippen LogP contribution < -0.4 is 5.32 Å². The second-order valence-corrected chi connectivity index (χ2v) is 12.4. The molecule has 42 heavy (non-hydrogen) atoms. The Labute approximate surface area is 255 Å². The fourth-order valence-corrected chi connectivity index (χ4v) is 4.75. The van der Waals surface area contributed by atoms with Crippen LogP contribution in [0.3, 0.4) is 0 Å². The number of esters is 1. The van der Waals surface area contributed by atoms with Crippen LogP contribution in [0, 0.1) is 17.8 Å². The number of hydrogen-bond donors (Lipinski definition) is 1. The van der Waals surface area contributed by atoms with E-state index in [-0.39, 0.29) is 12.5 Å². The zero-order chi connectivity index (χ0) is 30.5. The van der Waals surface area contributed by atoms with E-state index in [0.29, 0.717) is 18.9 Å². The third kappa shape index (κ3) is 18.2. The first kappa shape index (κ1) is 34.9. The maximum Gasteiger partial charge on any atom is 0.408 e. The van der Waals surface area contributed by atoms with E-state index in [9.17, 15) is 9.59 Å². The van der Waals surface area contributed by atoms with Crippen molar-refractivity contribution in [1.29, 1.82) is 0 Å². The van der Waals surface area contributed by atoms with Gasteiger partial charge in [-0.3, -0.25) is 4.79 Å². The first-order valence-electron chi connectivity index (χ1n) is 16.0. The molecule has 0 saturated carbocycles. The molecule has 0 bridgehead atoms. The lowest BCUT2D eigenvalue weighted by atomic mass is 9.98. The normalized spacial score (nSPS) is 11.7. The molecule has 2 aromatic rings. The number of unbranched alkanes of at least 4 members (excludes halogenated alkanes) is 9. The molecule has 0 aliphatic rings. The van der Waals surface area contributed by atoms with Crippen molar-refractivity contribution in [2.75, 3.05) is 6.54 Å². The number of hydrogen-bond acceptors (Lipinski definition) is 4. The molecule has 5 heteroatoms. The van der Waals surface area contributed by atoms with Crippen LogP contribution in [0.2, 0.25) is 0 Å². The minimum atomic E-state index is -0.502. The zero-order valence-electron chi connectivity index (χ0n) is 26.5. The average Bonchev–Trinajstić information content (AvgIpc) is 2.95. The monoisotopic (exact) mass is 575 g/mol. The van der Waals surface area contributed by atoms with Crippen molar-refractivity contribution in [2.24, 2.45) is 5.92 Å². The van der Waals surface area contributed by atoms with Crippen molar-refractivity contribution < 1.29 is 19.1 Å². The van der Waals surface area contributed by atoms with Crippen LogP contribution in [0.4, 0.5) is 4.79 Å². The molecule has 0 spiro atoms. The highest BCUT2D eigenvalue weighted by Gasteiger charge is 2.15. The summed E-state index contributed by atoms with van der Waals surface area (Å²) >= 11 is 0. The number of carbonyl (C=O) groups is 2. The van der Waals surface area contributed by atoms with Crippen LogP contribution in [0.5, 0.6) is 0 Å². The molecule has 1 N–H and O–H groups in total. The van der Waals surface area contributed by atoms with Gasteiger partial charge in [0.05, 0.1) is 6.54 Å². The number of aryl methyl sites for hydroxylation is 1. The van der Waals surface area contributed by atoms with E-state index >= 15 is 0 Å². The Morgan fingerprint density at radius 2 is 1.38 bits per heavy atom. The Morgan fingerprint density at radius 1 is 0.786 bits per heavy atom. The summed E-state index contributed by atoms with van der Waals surface area (Å²) in [4.78, 5) is 23.7. The average molecular weight is 576 g/mol. The summed E-state index contributed by atoms with van der Waals surface area (Å²) in [5.74, 6) is 6.36. The Morgan fingerprint density at radius 3 is 2.00 bits per heavy atom. The quantitative estimate of drug-likeness (QED) is 0.109. The lowest BCUT2D eigenvalue weighted by Crippen LogP contribution is -2.32. The maximum atomic E-state index is 12.1. The van der Waals surface area contributed by atoms with Gasteiger partial charge in [0.25, 0.3) is 0 Å². The van der Waals surface area contributed by atoms with Crippen molar-refractivity contribution >= 4 is 12.1 Å². The molecule has 0 heterocycles. The molecule has 0 aliphatic carbocycles. The molecule has 2 rings (SSSR count). The highest BCUT2D eigenvalue weighted by atomic mass is 16.6. The summed E-state index contributed by atoms with van der Waals surface area (Å²) < 4.78 is 10.6. The molecule has 1 amide bonds. The summed E-state index contributed by atoms with van der Waals surface area (Å²) in [6.07, 6.45) is 15.2. The first-order chi connectivity index (χ1) is 20.2. The van der Waals surface area contributed by atoms with E-state index in [4.69, 9.17) is 9.47 Å². The molecular weight excluding hydrogens is 522 g/mol. The van der Waals surface area contributed by atoms with Crippen molar-refractivity contribution in [3.8, 4) is 11.8 Å². The lowest BCUT2D eigenvalue weighted by Gasteiger charge is -2.18. The third-order valence-electron chi connectivity index (χ3n) is 7.08. The second kappa shape index (κ2) is 20.6. The highest BCUT2D eigenvalue weighted by Crippen LogP contribution is 2.17. The summed E-state index contributed by atoms with van der Waals surface area (Å²) in [6, 6.07) is 18.3. The van der Waals surface area contributed by atoms with Gasteiger partial charge in [0.2, 0.25) is 0 Å². The number of alkyl carbamates (subject to hydrolysis) is 1. The van der Waals surface area contributed by atoms with Crippen LogP contribution >= 0.6 is 0 Å². The van der Waals surface area contributed by atoms with E-state index in [0.717, 1.165) is 24.0 Å². The highest BCUT2D eigenvalue weighted by molar-refractivity contribution is 5.69. The van der Waals surface area contributed by atoms with Crippen molar-refractivity contribution in [3.05, 3.63) is 71.3 Å². The summed E-state index contributed by atoms with van der Waals surface area (Å²) in [7, 11) is 0. The Kier molecular flexibility index (Phi) is 17.1. The minimum Gasteiger partial charge on any atom is -0.461 e. The second-order valence-electron chi connectivity index (χ2n) is 12.4. The topological polar surface area (TPSA) is 64.6 Å². The van der Waals surface area contributed by atoms with Gasteiger partial charge >= 0.3 is 12.1 Å². The molecule has 1 atom stereocenters. The van der Waals surface area contributed by atoms with Crippen LogP contribution in [0.15, 0.2) is 54.6 Å². The molecule has 230 valence electrons. The molecule has 2 aromatic carbocycles. The fourth-order valence-electron chi connectivity index (χ4n) is 4.75. The van der Waals surface area contributed by atoms with Gasteiger partial charge in [-0.25, -0.2) is 4.79 Å². The van der Waals surface area contributed by atoms with Crippen molar-refractivity contribution in [1.82, 2.24) is 5.32 Å². The van der Waals surface area contributed by atoms with E-state index in [1.54, 1.807) is 0 Å². The van der Waals surface area contributed by atoms with Crippen molar-refractivity contribution in [2.45, 2.75) is 123 Å². The van der Waals surface area contributed by atoms with E-state index in [2.05, 4.69) is 48.3 Å². The third-order valence-corrected chi connectivity index (χ3v) is 7.08. The van der Waals surface area contributed by atoms with E-state index < -0.39 is 11.7 Å². The smallest absolute Gasteiger partial charge is 0.408 e. The molecule has 0 saturated heterocycles. The predicted octanol–water partition coefficient (Wildman–Crippen LogP) is 9.17. The van der Waals surface area contributed by atoms with Crippen LogP contribution in [-0.2, 0) is 27.3 Å². The van der Waals surface area contributed by atoms with Gasteiger partial charge in [0.1, 0.15) is 12.2 Å². The number of benzene rings is 2. The molecule has 1 unspecified atom stereocenters. The minimum absolute atomic E-state index is 0.0858. The first-order valence-corrected chi connectivity index (χ1v) is 16.0. The largest absolute Gasteiger partial charge is 0.461 e. The van der Waals surface area contributed by atoms with Gasteiger partial charge in [-0.15, -0.1) is 0 Å². The number of carbonyl (C=O) groups excluding carboxylic acids is 2. The zero-order valence-corrected chi connectivity index (χ0v) is 26.5. The maximum absolute atomic E-state index is 12.1. The summed E-state index contributed by atoms with van der Waals surface area (Å²) in [6.45, 7) is 8.31. The van der Waals surface area contributed by atoms with Gasteiger partial charge in [0.15, 0.2) is 0 Å². The predicted molar refractivity (Wildman–Crippen MR) is 172 cm³/mol. The molecule has 5 nitrogen and oxygen atoms in total. The molecule has 0 aliphatic heterocycles. The Balaban J connectivity index is 1.39. The lowest BCUT2D eigenvalue weighted by molar-refractivity contribution is -0.146. The summed E-state index contributed by atoms with van der Waals surface area (Å²) in [5.41, 5.74) is 2.85. The van der Waals surface area contributed by atoms with Crippen molar-refractivity contribution in [3.63, 3.8) is 0 Å². The fraction of sp³-hybridized carbons (Fsp3) is 0.568. The standard InChI is InChI=1S/C37H53NO4/c1-31(29-35(39)41-30-34-21-16-13-17-22-34)19-14-11-9-7-5-6-8-10-12-15-20-32-24-26-33(27-25-32)23-18-28-38-36(40)42-37(2,3)4/h13,16-17,21-22,24-27,31H,5-12,14-15,19-20,28-30H2,1-4H3,(H,38,40). The number of nitrogens with one attached hydrogen (secondary N) is 1. The van der Waals surface area contributed by atoms with E-state index in [1.165, 1.54) is 69.8 Å². The SMILES string of the molecule is CC(CCCCCCCCCCCCc1ccc(C#CCNC(=O)OC(C)(C)C)cc1)CC(=O)OCc1ccccc1. The van der Waals surface area contributed by atoms with Gasteiger partial charge < -0.3 is 14.8 Å². The van der Waals surface area contributed by atoms with E-state index in [1.807, 2.05) is 51.1 Å². The van der Waals surface area contributed by atoms with Crippen LogP contribution in [0.1, 0.15) is 121 Å². The van der Waals surface area contributed by atoms with Gasteiger partial charge in [-0.05, 0) is 62.8 Å². The number of ether oxygens (including phenoxy) is 2. The summed E-state index contributed by atoms with van der Waals surface area (Å²) in [5, 5.41) is 2.65. The number of rotatable bonds is 18. The van der Waals surface area contributed by atoms with Crippen LogP contribution in [-0.4, -0.2) is 24.2 Å². The Bertz CT molecular complexity index is 1080. The van der Waals surface area contributed by atoms with Crippen LogP contribution in [0.25, 0.3) is 0 Å². The van der Waals surface area contributed by atoms with Gasteiger partial charge in [0, 0.05) is 12.0 Å². The van der Waals surface area contributed by atoms with Gasteiger partial charge in [-0.2, -0.15) is 0 Å². The molecule has 0 radical (unpaired) electrons. The Hall–Kier alpha value is -3.26. The molecular formula is C37H53NO4. The molecule has 0 fully saturated rings. The number of amides is 1.